The molecular formula is C12H17NO. The number of hydrogen-bond donors (Lipinski definition) is 2. The van der Waals surface area contributed by atoms with Gasteiger partial charge in [-0.1, -0.05) is 24.3 Å². The zero-order chi connectivity index (χ0) is 10.2. The van der Waals surface area contributed by atoms with Crippen LogP contribution in [0.2, 0.25) is 0 Å². The van der Waals surface area contributed by atoms with Crippen molar-refractivity contribution in [2.45, 2.75) is 31.4 Å². The highest BCUT2D eigenvalue weighted by Gasteiger charge is 2.36. The Balaban J connectivity index is 2.45. The Labute approximate surface area is 85.0 Å². The number of fused-ring (bicyclic) bond motifs is 1. The van der Waals surface area contributed by atoms with E-state index in [1.165, 1.54) is 11.1 Å². The first-order valence-electron chi connectivity index (χ1n) is 5.12. The monoisotopic (exact) mass is 191 g/mol. The van der Waals surface area contributed by atoms with E-state index >= 15 is 0 Å². The smallest absolute Gasteiger partial charge is 0.0816 e. The lowest BCUT2D eigenvalue weighted by molar-refractivity contribution is 0.00659. The van der Waals surface area contributed by atoms with Crippen LogP contribution in [0.1, 0.15) is 30.5 Å². The largest absolute Gasteiger partial charge is 0.388 e. The van der Waals surface area contributed by atoms with Gasteiger partial charge < -0.3 is 10.4 Å². The SMILES string of the molecule is CNC1c2ccccc2CCC1(C)O. The third kappa shape index (κ3) is 1.45. The molecule has 0 heterocycles. The molecule has 1 aromatic rings. The van der Waals surface area contributed by atoms with Crippen LogP contribution in [0.4, 0.5) is 0 Å². The Morgan fingerprint density at radius 1 is 1.43 bits per heavy atom. The molecule has 76 valence electrons. The molecule has 2 nitrogen and oxygen atoms in total. The van der Waals surface area contributed by atoms with Crippen molar-refractivity contribution >= 4 is 0 Å². The van der Waals surface area contributed by atoms with Crippen LogP contribution in [0.15, 0.2) is 24.3 Å². The quantitative estimate of drug-likeness (QED) is 0.707. The van der Waals surface area contributed by atoms with Gasteiger partial charge in [0.1, 0.15) is 0 Å². The molecule has 0 radical (unpaired) electrons. The molecule has 2 unspecified atom stereocenters. The number of rotatable bonds is 1. The normalized spacial score (nSPS) is 31.2. The fourth-order valence-electron chi connectivity index (χ4n) is 2.38. The van der Waals surface area contributed by atoms with Gasteiger partial charge in [0.05, 0.1) is 11.6 Å². The standard InChI is InChI=1S/C12H17NO/c1-12(14)8-7-9-5-3-4-6-10(9)11(12)13-2/h3-6,11,13-14H,7-8H2,1-2H3. The van der Waals surface area contributed by atoms with Crippen LogP contribution < -0.4 is 5.32 Å². The van der Waals surface area contributed by atoms with Crippen LogP contribution in [0.25, 0.3) is 0 Å². The van der Waals surface area contributed by atoms with E-state index in [0.29, 0.717) is 0 Å². The van der Waals surface area contributed by atoms with Crippen molar-refractivity contribution in [3.05, 3.63) is 35.4 Å². The molecule has 0 spiro atoms. The zero-order valence-corrected chi connectivity index (χ0v) is 8.75. The van der Waals surface area contributed by atoms with Gasteiger partial charge in [0.25, 0.3) is 0 Å². The Bertz CT molecular complexity index is 333. The number of aryl methyl sites for hydroxylation is 1. The summed E-state index contributed by atoms with van der Waals surface area (Å²) >= 11 is 0. The van der Waals surface area contributed by atoms with Crippen molar-refractivity contribution in [2.24, 2.45) is 0 Å². The molecule has 0 fully saturated rings. The molecular weight excluding hydrogens is 174 g/mol. The van der Waals surface area contributed by atoms with Gasteiger partial charge in [0.15, 0.2) is 0 Å². The summed E-state index contributed by atoms with van der Waals surface area (Å²) in [4.78, 5) is 0. The molecule has 0 aliphatic heterocycles. The van der Waals surface area contributed by atoms with Gasteiger partial charge >= 0.3 is 0 Å². The molecule has 2 heteroatoms. The van der Waals surface area contributed by atoms with Crippen molar-refractivity contribution in [2.75, 3.05) is 7.05 Å². The lowest BCUT2D eigenvalue weighted by Gasteiger charge is -2.38. The van der Waals surface area contributed by atoms with Crippen molar-refractivity contribution in [3.8, 4) is 0 Å². The van der Waals surface area contributed by atoms with Crippen molar-refractivity contribution < 1.29 is 5.11 Å². The summed E-state index contributed by atoms with van der Waals surface area (Å²) in [6.45, 7) is 1.91. The maximum Gasteiger partial charge on any atom is 0.0816 e. The van der Waals surface area contributed by atoms with E-state index < -0.39 is 5.60 Å². The summed E-state index contributed by atoms with van der Waals surface area (Å²) in [7, 11) is 1.90. The molecule has 1 aliphatic carbocycles. The molecule has 2 rings (SSSR count). The van der Waals surface area contributed by atoms with Gasteiger partial charge in [-0.25, -0.2) is 0 Å². The molecule has 2 atom stereocenters. The minimum atomic E-state index is -0.622. The van der Waals surface area contributed by atoms with Crippen LogP contribution in [-0.2, 0) is 6.42 Å². The summed E-state index contributed by atoms with van der Waals surface area (Å²) in [6, 6.07) is 8.40. The van der Waals surface area contributed by atoms with Crippen LogP contribution in [-0.4, -0.2) is 17.8 Å². The zero-order valence-electron chi connectivity index (χ0n) is 8.75. The predicted octanol–water partition coefficient (Wildman–Crippen LogP) is 1.64. The second-order valence-corrected chi connectivity index (χ2v) is 4.28. The molecule has 0 aromatic heterocycles. The number of nitrogens with one attached hydrogen (secondary N) is 1. The first-order chi connectivity index (χ1) is 6.65. The third-order valence-electron chi connectivity index (χ3n) is 3.18. The number of likely N-dealkylation sites (N-methyl/N-ethyl adjacent to an activating group) is 1. The van der Waals surface area contributed by atoms with Gasteiger partial charge in [-0.05, 0) is 37.9 Å². The molecule has 14 heavy (non-hydrogen) atoms. The Morgan fingerprint density at radius 2 is 2.14 bits per heavy atom. The summed E-state index contributed by atoms with van der Waals surface area (Å²) in [5.41, 5.74) is 1.98. The van der Waals surface area contributed by atoms with E-state index in [1.54, 1.807) is 0 Å². The molecule has 0 bridgehead atoms. The second-order valence-electron chi connectivity index (χ2n) is 4.28. The van der Waals surface area contributed by atoms with Crippen molar-refractivity contribution in [1.82, 2.24) is 5.32 Å². The summed E-state index contributed by atoms with van der Waals surface area (Å²) < 4.78 is 0. The van der Waals surface area contributed by atoms with Crippen LogP contribution in [0, 0.1) is 0 Å². The van der Waals surface area contributed by atoms with Crippen molar-refractivity contribution in [1.29, 1.82) is 0 Å². The highest BCUT2D eigenvalue weighted by molar-refractivity contribution is 5.34. The number of hydrogen-bond acceptors (Lipinski definition) is 2. The first-order valence-corrected chi connectivity index (χ1v) is 5.12. The first kappa shape index (κ1) is 9.69. The summed E-state index contributed by atoms with van der Waals surface area (Å²) in [6.07, 6.45) is 1.80. The van der Waals surface area contributed by atoms with E-state index in [9.17, 15) is 5.11 Å². The summed E-state index contributed by atoms with van der Waals surface area (Å²) in [5.74, 6) is 0. The second kappa shape index (κ2) is 3.37. The van der Waals surface area contributed by atoms with Gasteiger partial charge in [-0.3, -0.25) is 0 Å². The lowest BCUT2D eigenvalue weighted by atomic mass is 9.77. The van der Waals surface area contributed by atoms with Crippen LogP contribution in [0.5, 0.6) is 0 Å². The van der Waals surface area contributed by atoms with Crippen LogP contribution in [0.3, 0.4) is 0 Å². The fourth-order valence-corrected chi connectivity index (χ4v) is 2.38. The maximum absolute atomic E-state index is 10.2. The third-order valence-corrected chi connectivity index (χ3v) is 3.18. The van der Waals surface area contributed by atoms with E-state index in [0.717, 1.165) is 12.8 Å². The van der Waals surface area contributed by atoms with Gasteiger partial charge in [-0.15, -0.1) is 0 Å². The fraction of sp³-hybridized carbons (Fsp3) is 0.500. The Morgan fingerprint density at radius 3 is 2.86 bits per heavy atom. The molecule has 0 saturated heterocycles. The Hall–Kier alpha value is -0.860. The topological polar surface area (TPSA) is 32.3 Å². The summed E-state index contributed by atoms with van der Waals surface area (Å²) in [5, 5.41) is 13.4. The minimum absolute atomic E-state index is 0.0625. The van der Waals surface area contributed by atoms with Crippen molar-refractivity contribution in [3.63, 3.8) is 0 Å². The Kier molecular flexibility index (Phi) is 2.33. The average Bonchev–Trinajstić information content (AvgIpc) is 2.17. The van der Waals surface area contributed by atoms with E-state index in [4.69, 9.17) is 0 Å². The molecule has 1 aromatic carbocycles. The molecule has 0 amide bonds. The molecule has 1 aliphatic rings. The minimum Gasteiger partial charge on any atom is -0.388 e. The predicted molar refractivity (Wildman–Crippen MR) is 57.2 cm³/mol. The highest BCUT2D eigenvalue weighted by atomic mass is 16.3. The van der Waals surface area contributed by atoms with Crippen LogP contribution >= 0.6 is 0 Å². The molecule has 2 N–H and O–H groups in total. The lowest BCUT2D eigenvalue weighted by Crippen LogP contribution is -2.43. The van der Waals surface area contributed by atoms with Gasteiger partial charge in [0.2, 0.25) is 0 Å². The van der Waals surface area contributed by atoms with E-state index in [1.807, 2.05) is 20.0 Å². The average molecular weight is 191 g/mol. The van der Waals surface area contributed by atoms with E-state index in [2.05, 4.69) is 23.5 Å². The number of aliphatic hydroxyl groups is 1. The van der Waals surface area contributed by atoms with Gasteiger partial charge in [-0.2, -0.15) is 0 Å². The highest BCUT2D eigenvalue weighted by Crippen LogP contribution is 2.36. The molecule has 0 saturated carbocycles. The number of benzene rings is 1. The van der Waals surface area contributed by atoms with E-state index in [-0.39, 0.29) is 6.04 Å². The van der Waals surface area contributed by atoms with Gasteiger partial charge in [0, 0.05) is 0 Å². The maximum atomic E-state index is 10.2.